The predicted octanol–water partition coefficient (Wildman–Crippen LogP) is 16.6. The second-order valence-corrected chi connectivity index (χ2v) is 15.7. The summed E-state index contributed by atoms with van der Waals surface area (Å²) in [4.78, 5) is 2.41. The van der Waals surface area contributed by atoms with E-state index in [9.17, 15) is 0 Å². The van der Waals surface area contributed by atoms with Crippen molar-refractivity contribution in [3.05, 3.63) is 255 Å². The van der Waals surface area contributed by atoms with Crippen LogP contribution >= 0.6 is 0 Å². The molecule has 0 radical (unpaired) electrons. The van der Waals surface area contributed by atoms with Crippen molar-refractivity contribution in [3.63, 3.8) is 0 Å². The molecule has 0 aliphatic rings. The molecule has 0 saturated carbocycles. The molecule has 0 unspecified atom stereocenters. The van der Waals surface area contributed by atoms with E-state index in [1.54, 1.807) is 0 Å². The van der Waals surface area contributed by atoms with Crippen LogP contribution in [-0.4, -0.2) is 4.57 Å². The zero-order valence-corrected chi connectivity index (χ0v) is 34.1. The first kappa shape index (κ1) is 36.8. The largest absolute Gasteiger partial charge is 0.310 e. The van der Waals surface area contributed by atoms with Gasteiger partial charge in [-0.2, -0.15) is 0 Å². The van der Waals surface area contributed by atoms with Gasteiger partial charge < -0.3 is 9.47 Å². The molecule has 2 heteroatoms. The molecule has 2 nitrogen and oxygen atoms in total. The Bertz CT molecular complexity index is 3290. The summed E-state index contributed by atoms with van der Waals surface area (Å²) in [5, 5.41) is 2.50. The molecule has 292 valence electrons. The van der Waals surface area contributed by atoms with Crippen LogP contribution in [0.15, 0.2) is 255 Å². The number of nitrogens with zero attached hydrogens (tertiary/aromatic N) is 2. The van der Waals surface area contributed by atoms with E-state index in [1.165, 1.54) is 66.3 Å². The van der Waals surface area contributed by atoms with Gasteiger partial charge in [-0.15, -0.1) is 0 Å². The van der Waals surface area contributed by atoms with Gasteiger partial charge in [-0.3, -0.25) is 0 Å². The van der Waals surface area contributed by atoms with Crippen LogP contribution in [0.4, 0.5) is 17.1 Å². The summed E-state index contributed by atoms with van der Waals surface area (Å²) in [6.07, 6.45) is 0. The van der Waals surface area contributed by atoms with E-state index in [0.717, 1.165) is 33.9 Å². The molecule has 0 spiro atoms. The van der Waals surface area contributed by atoms with Gasteiger partial charge >= 0.3 is 0 Å². The highest BCUT2D eigenvalue weighted by atomic mass is 15.1. The first-order chi connectivity index (χ1) is 30.8. The molecule has 0 fully saturated rings. The van der Waals surface area contributed by atoms with Crippen LogP contribution in [0.2, 0.25) is 0 Å². The number of fused-ring (bicyclic) bond motifs is 3. The van der Waals surface area contributed by atoms with Gasteiger partial charge in [-0.05, 0) is 98.6 Å². The first-order valence-electron chi connectivity index (χ1n) is 21.3. The van der Waals surface area contributed by atoms with E-state index in [1.807, 2.05) is 0 Å². The van der Waals surface area contributed by atoms with Gasteiger partial charge in [0, 0.05) is 33.4 Å². The van der Waals surface area contributed by atoms with Crippen LogP contribution in [-0.2, 0) is 0 Å². The standard InChI is InChI=1S/C60H42N2/c1-3-20-43(21-4-1)49-26-7-9-29-52(49)54-31-11-12-32-55(54)53-30-10-8-27-50(53)45-38-40-46(41-39-45)61(58-35-16-13-28-51(58)44-22-5-2-6-23-44)47-24-19-25-48(42-47)62-59-36-17-14-33-56(59)57-34-15-18-37-60(57)62/h1-42H. The number of para-hydroxylation sites is 3. The van der Waals surface area contributed by atoms with Crippen molar-refractivity contribution >= 4 is 38.9 Å². The fraction of sp³-hybridized carbons (Fsp3) is 0. The third-order valence-corrected chi connectivity index (χ3v) is 12.0. The molecular formula is C60H42N2. The number of hydrogen-bond acceptors (Lipinski definition) is 1. The Labute approximate surface area is 362 Å². The number of aromatic nitrogens is 1. The maximum absolute atomic E-state index is 2.41. The highest BCUT2D eigenvalue weighted by molar-refractivity contribution is 6.09. The minimum atomic E-state index is 1.08. The summed E-state index contributed by atoms with van der Waals surface area (Å²) in [7, 11) is 0. The van der Waals surface area contributed by atoms with E-state index in [2.05, 4.69) is 264 Å². The highest BCUT2D eigenvalue weighted by Crippen LogP contribution is 2.45. The number of anilines is 3. The van der Waals surface area contributed by atoms with Gasteiger partial charge in [0.1, 0.15) is 0 Å². The van der Waals surface area contributed by atoms with Gasteiger partial charge in [0.2, 0.25) is 0 Å². The Balaban J connectivity index is 1.05. The molecule has 62 heavy (non-hydrogen) atoms. The molecule has 11 rings (SSSR count). The van der Waals surface area contributed by atoms with E-state index < -0.39 is 0 Å². The maximum Gasteiger partial charge on any atom is 0.0541 e. The quantitative estimate of drug-likeness (QED) is 0.141. The molecule has 10 aromatic carbocycles. The van der Waals surface area contributed by atoms with Crippen LogP contribution in [0.25, 0.3) is 83.1 Å². The molecule has 0 N–H and O–H groups in total. The van der Waals surface area contributed by atoms with Crippen molar-refractivity contribution in [1.29, 1.82) is 0 Å². The van der Waals surface area contributed by atoms with Gasteiger partial charge in [-0.1, -0.05) is 206 Å². The summed E-state index contributed by atoms with van der Waals surface area (Å²) >= 11 is 0. The zero-order valence-electron chi connectivity index (χ0n) is 34.1. The molecule has 0 atom stereocenters. The fourth-order valence-electron chi connectivity index (χ4n) is 9.23. The Morgan fingerprint density at radius 2 is 0.661 bits per heavy atom. The van der Waals surface area contributed by atoms with E-state index in [0.29, 0.717) is 0 Å². The highest BCUT2D eigenvalue weighted by Gasteiger charge is 2.20. The third-order valence-electron chi connectivity index (χ3n) is 12.0. The Kier molecular flexibility index (Phi) is 9.57. The molecule has 0 aliphatic carbocycles. The topological polar surface area (TPSA) is 8.17 Å². The van der Waals surface area contributed by atoms with Crippen molar-refractivity contribution < 1.29 is 0 Å². The average molecular weight is 791 g/mol. The van der Waals surface area contributed by atoms with E-state index >= 15 is 0 Å². The molecule has 0 aliphatic heterocycles. The lowest BCUT2D eigenvalue weighted by Gasteiger charge is -2.28. The molecule has 0 amide bonds. The number of rotatable bonds is 9. The summed E-state index contributed by atoms with van der Waals surface area (Å²) in [6, 6.07) is 92.0. The monoisotopic (exact) mass is 790 g/mol. The lowest BCUT2D eigenvalue weighted by atomic mass is 9.87. The second-order valence-electron chi connectivity index (χ2n) is 15.7. The Morgan fingerprint density at radius 3 is 1.21 bits per heavy atom. The van der Waals surface area contributed by atoms with Gasteiger partial charge in [0.15, 0.2) is 0 Å². The average Bonchev–Trinajstić information content (AvgIpc) is 3.70. The lowest BCUT2D eigenvalue weighted by Crippen LogP contribution is -2.11. The van der Waals surface area contributed by atoms with Crippen LogP contribution < -0.4 is 4.90 Å². The smallest absolute Gasteiger partial charge is 0.0541 e. The van der Waals surface area contributed by atoms with Crippen LogP contribution in [0.5, 0.6) is 0 Å². The van der Waals surface area contributed by atoms with Crippen molar-refractivity contribution in [2.75, 3.05) is 4.90 Å². The van der Waals surface area contributed by atoms with Crippen LogP contribution in [0.1, 0.15) is 0 Å². The minimum absolute atomic E-state index is 1.08. The summed E-state index contributed by atoms with van der Waals surface area (Å²) in [6.45, 7) is 0. The normalized spacial score (nSPS) is 11.2. The third kappa shape index (κ3) is 6.65. The van der Waals surface area contributed by atoms with Gasteiger partial charge in [-0.25, -0.2) is 0 Å². The lowest BCUT2D eigenvalue weighted by molar-refractivity contribution is 1.17. The van der Waals surface area contributed by atoms with Gasteiger partial charge in [0.05, 0.1) is 16.7 Å². The summed E-state index contributed by atoms with van der Waals surface area (Å²) in [5.41, 5.74) is 18.7. The first-order valence-corrected chi connectivity index (χ1v) is 21.3. The van der Waals surface area contributed by atoms with Crippen molar-refractivity contribution in [2.45, 2.75) is 0 Å². The zero-order chi connectivity index (χ0) is 41.2. The van der Waals surface area contributed by atoms with Crippen LogP contribution in [0, 0.1) is 0 Å². The summed E-state index contributed by atoms with van der Waals surface area (Å²) in [5.74, 6) is 0. The van der Waals surface area contributed by atoms with Crippen molar-refractivity contribution in [3.8, 4) is 61.3 Å². The van der Waals surface area contributed by atoms with E-state index in [-0.39, 0.29) is 0 Å². The van der Waals surface area contributed by atoms with Crippen LogP contribution in [0.3, 0.4) is 0 Å². The van der Waals surface area contributed by atoms with Crippen molar-refractivity contribution in [1.82, 2.24) is 4.57 Å². The maximum atomic E-state index is 2.41. The SMILES string of the molecule is c1ccc(-c2ccccc2-c2ccccc2-c2ccccc2-c2ccc(N(c3cccc(-n4c5ccccc5c5ccccc54)c3)c3ccccc3-c3ccccc3)cc2)cc1. The van der Waals surface area contributed by atoms with E-state index in [4.69, 9.17) is 0 Å². The number of benzene rings is 10. The Hall–Kier alpha value is -8.20. The molecule has 1 aromatic heterocycles. The van der Waals surface area contributed by atoms with Crippen molar-refractivity contribution in [2.24, 2.45) is 0 Å². The predicted molar refractivity (Wildman–Crippen MR) is 263 cm³/mol. The molecule has 1 heterocycles. The molecule has 11 aromatic rings. The second kappa shape index (κ2) is 16.1. The van der Waals surface area contributed by atoms with Gasteiger partial charge in [0.25, 0.3) is 0 Å². The molecule has 0 saturated heterocycles. The fourth-order valence-corrected chi connectivity index (χ4v) is 9.23. The summed E-state index contributed by atoms with van der Waals surface area (Å²) < 4.78 is 2.39. The molecular weight excluding hydrogens is 749 g/mol. The molecule has 0 bridgehead atoms. The minimum Gasteiger partial charge on any atom is -0.310 e. The number of hydrogen-bond donors (Lipinski definition) is 0. The Morgan fingerprint density at radius 1 is 0.258 bits per heavy atom.